The Bertz CT molecular complexity index is 4830. The van der Waals surface area contributed by atoms with E-state index < -0.39 is 0 Å². The summed E-state index contributed by atoms with van der Waals surface area (Å²) in [6.45, 7) is 18.9. The van der Waals surface area contributed by atoms with Crippen LogP contribution in [0.2, 0.25) is 0 Å². The quantitative estimate of drug-likeness (QED) is 0.107. The molecule has 0 atom stereocenters. The monoisotopic (exact) mass is 1210 g/mol. The third-order valence-electron chi connectivity index (χ3n) is 21.4. The molecule has 0 fully saturated rings. The van der Waals surface area contributed by atoms with Crippen LogP contribution >= 0.6 is 0 Å². The lowest BCUT2D eigenvalue weighted by molar-refractivity contribution is 0.641. The highest BCUT2D eigenvalue weighted by Gasteiger charge is 2.45. The van der Waals surface area contributed by atoms with Crippen molar-refractivity contribution in [1.29, 1.82) is 0 Å². The average Bonchev–Trinajstić information content (AvgIpc) is 0.890. The van der Waals surface area contributed by atoms with Crippen LogP contribution in [-0.2, 0) is 21.7 Å². The lowest BCUT2D eigenvalue weighted by Gasteiger charge is -2.45. The Labute approximate surface area is 555 Å². The van der Waals surface area contributed by atoms with E-state index in [1.54, 1.807) is 0 Å². The second-order valence-corrected chi connectivity index (χ2v) is 28.1. The minimum absolute atomic E-state index is 0.129. The molecule has 3 nitrogen and oxygen atoms in total. The lowest BCUT2D eigenvalue weighted by atomic mass is 9.33. The summed E-state index contributed by atoms with van der Waals surface area (Å²) >= 11 is 0. The van der Waals surface area contributed by atoms with E-state index in [4.69, 9.17) is 0 Å². The third-order valence-corrected chi connectivity index (χ3v) is 21.4. The van der Waals surface area contributed by atoms with Gasteiger partial charge in [0.2, 0.25) is 0 Å². The van der Waals surface area contributed by atoms with Crippen molar-refractivity contribution in [3.8, 4) is 27.9 Å². The highest BCUT2D eigenvalue weighted by molar-refractivity contribution is 7.00. The number of rotatable bonds is 13. The van der Waals surface area contributed by atoms with Crippen LogP contribution in [0.4, 0.5) is 34.1 Å². The van der Waals surface area contributed by atoms with E-state index in [0.29, 0.717) is 0 Å². The summed E-state index contributed by atoms with van der Waals surface area (Å²) in [6, 6.07) is 119. The summed E-state index contributed by atoms with van der Waals surface area (Å²) in [6.07, 6.45) is 0. The number of anilines is 6. The van der Waals surface area contributed by atoms with Crippen LogP contribution in [0.15, 0.2) is 315 Å². The van der Waals surface area contributed by atoms with Crippen LogP contribution < -0.4 is 26.2 Å². The smallest absolute Gasteiger partial charge is 0.252 e. The summed E-state index contributed by atoms with van der Waals surface area (Å²) in [5, 5.41) is 2.45. The topological polar surface area (TPSA) is 11.4 Å². The Morgan fingerprint density at radius 2 is 0.521 bits per heavy atom. The Morgan fingerprint density at radius 1 is 0.234 bits per heavy atom. The van der Waals surface area contributed by atoms with Crippen LogP contribution in [0.5, 0.6) is 0 Å². The summed E-state index contributed by atoms with van der Waals surface area (Å²) in [4.78, 5) is 5.22. The molecule has 1 aromatic heterocycles. The molecule has 0 spiro atoms. The Morgan fingerprint density at radius 3 is 0.851 bits per heavy atom. The molecule has 2 aliphatic rings. The van der Waals surface area contributed by atoms with Crippen molar-refractivity contribution in [2.75, 3.05) is 9.80 Å². The van der Waals surface area contributed by atoms with Gasteiger partial charge in [-0.25, -0.2) is 0 Å². The standard InChI is InChI=1S/C90H76BN3/c1-87(2,65-31-19-11-20-32-65)69-45-53-80-76(55-69)77-56-70(88(3,4)66-33-21-12-22-34-66)46-54-81(77)94(80)75-59-84-86-85(60-75)93(74-49-41-64(42-50-74)62-29-17-10-18-30-62)83-58-72(90(7,8)68-37-25-14-26-38-68)44-52-79(83)91(86)78-51-43-71(89(5,6)67-35-23-13-24-36-67)57-82(78)92(84)73-47-39-63(40-48-73)61-27-15-9-16-28-61/h9-60H,1-8H3. The Kier molecular flexibility index (Phi) is 14.0. The summed E-state index contributed by atoms with van der Waals surface area (Å²) in [5.41, 5.74) is 27.8. The van der Waals surface area contributed by atoms with Crippen LogP contribution in [0.3, 0.4) is 0 Å². The molecule has 3 heterocycles. The molecule has 13 aromatic carbocycles. The minimum atomic E-state index is -0.317. The molecule has 2 aliphatic heterocycles. The summed E-state index contributed by atoms with van der Waals surface area (Å²) in [7, 11) is 0. The maximum atomic E-state index is 2.61. The molecule has 4 heteroatoms. The van der Waals surface area contributed by atoms with Crippen molar-refractivity contribution in [2.24, 2.45) is 0 Å². The average molecular weight is 1210 g/mol. The number of benzene rings is 13. The lowest BCUT2D eigenvalue weighted by Crippen LogP contribution is -2.61. The van der Waals surface area contributed by atoms with Crippen LogP contribution in [0.1, 0.15) is 99.9 Å². The molecule has 0 bridgehead atoms. The fourth-order valence-electron chi connectivity index (χ4n) is 15.5. The van der Waals surface area contributed by atoms with Crippen molar-refractivity contribution < 1.29 is 0 Å². The second kappa shape index (κ2) is 22.6. The van der Waals surface area contributed by atoms with Crippen molar-refractivity contribution >= 4 is 79.0 Å². The van der Waals surface area contributed by atoms with Crippen molar-refractivity contribution in [1.82, 2.24) is 4.57 Å². The van der Waals surface area contributed by atoms with Gasteiger partial charge in [0.15, 0.2) is 0 Å². The molecule has 0 aliphatic carbocycles. The van der Waals surface area contributed by atoms with Gasteiger partial charge in [0.05, 0.1) is 16.7 Å². The van der Waals surface area contributed by atoms with Gasteiger partial charge < -0.3 is 14.4 Å². The van der Waals surface area contributed by atoms with Gasteiger partial charge in [-0.05, 0) is 156 Å². The van der Waals surface area contributed by atoms with Gasteiger partial charge in [-0.3, -0.25) is 0 Å². The predicted molar refractivity (Wildman–Crippen MR) is 400 cm³/mol. The highest BCUT2D eigenvalue weighted by Crippen LogP contribution is 2.50. The fraction of sp³-hybridized carbons (Fsp3) is 0.133. The highest BCUT2D eigenvalue weighted by atomic mass is 15.2. The first-order valence-electron chi connectivity index (χ1n) is 33.3. The van der Waals surface area contributed by atoms with Crippen molar-refractivity contribution in [3.63, 3.8) is 0 Å². The third kappa shape index (κ3) is 9.64. The predicted octanol–water partition coefficient (Wildman–Crippen LogP) is 21.5. The number of nitrogens with zero attached hydrogens (tertiary/aromatic N) is 3. The second-order valence-electron chi connectivity index (χ2n) is 28.1. The molecular weight excluding hydrogens is 1130 g/mol. The van der Waals surface area contributed by atoms with E-state index in [2.05, 4.69) is 385 Å². The zero-order valence-electron chi connectivity index (χ0n) is 54.9. The molecule has 0 unspecified atom stereocenters. The number of hydrogen-bond donors (Lipinski definition) is 0. The van der Waals surface area contributed by atoms with Gasteiger partial charge in [-0.15, -0.1) is 0 Å². The van der Waals surface area contributed by atoms with Crippen LogP contribution in [0.25, 0.3) is 49.7 Å². The fourth-order valence-corrected chi connectivity index (χ4v) is 15.5. The van der Waals surface area contributed by atoms with Crippen molar-refractivity contribution in [2.45, 2.75) is 77.0 Å². The largest absolute Gasteiger partial charge is 0.311 e. The van der Waals surface area contributed by atoms with Gasteiger partial charge >= 0.3 is 0 Å². The molecule has 0 saturated carbocycles. The normalized spacial score (nSPS) is 13.0. The van der Waals surface area contributed by atoms with Gasteiger partial charge in [0, 0.05) is 66.6 Å². The SMILES string of the molecule is CC(C)(c1ccccc1)c1ccc2c(c1)N(c1ccc(-c3ccccc3)cc1)c1cc(-n3c4ccc(C(C)(C)c5ccccc5)cc4c4cc(C(C)(C)c5ccccc5)ccc43)cc3c1B2c1ccc(C(C)(C)c2ccccc2)cc1N3c1ccc(-c2ccccc2)cc1. The molecule has 14 aromatic rings. The first-order valence-corrected chi connectivity index (χ1v) is 33.3. The van der Waals surface area contributed by atoms with E-state index in [1.165, 1.54) is 105 Å². The maximum Gasteiger partial charge on any atom is 0.252 e. The zero-order valence-corrected chi connectivity index (χ0v) is 54.9. The van der Waals surface area contributed by atoms with E-state index in [1.807, 2.05) is 0 Å². The first-order chi connectivity index (χ1) is 45.6. The summed E-state index contributed by atoms with van der Waals surface area (Å²) < 4.78 is 2.58. The minimum Gasteiger partial charge on any atom is -0.311 e. The number of fused-ring (bicyclic) bond motifs is 7. The first kappa shape index (κ1) is 58.4. The Hall–Kier alpha value is -10.7. The number of hydrogen-bond acceptors (Lipinski definition) is 2. The maximum absolute atomic E-state index is 2.61. The van der Waals surface area contributed by atoms with Gasteiger partial charge in [-0.1, -0.05) is 298 Å². The van der Waals surface area contributed by atoms with Gasteiger partial charge in [0.25, 0.3) is 6.71 Å². The van der Waals surface area contributed by atoms with Crippen LogP contribution in [0, 0.1) is 0 Å². The van der Waals surface area contributed by atoms with Gasteiger partial charge in [-0.2, -0.15) is 0 Å². The molecule has 454 valence electrons. The van der Waals surface area contributed by atoms with E-state index in [-0.39, 0.29) is 28.4 Å². The van der Waals surface area contributed by atoms with Crippen molar-refractivity contribution in [3.05, 3.63) is 360 Å². The Balaban J connectivity index is 1.02. The molecule has 0 N–H and O–H groups in total. The van der Waals surface area contributed by atoms with E-state index in [9.17, 15) is 0 Å². The number of aromatic nitrogens is 1. The molecule has 0 radical (unpaired) electrons. The molecule has 0 amide bonds. The molecule has 0 saturated heterocycles. The molecule has 16 rings (SSSR count). The molecular formula is C90H76BN3. The summed E-state index contributed by atoms with van der Waals surface area (Å²) in [5.74, 6) is 0. The van der Waals surface area contributed by atoms with Gasteiger partial charge in [0.1, 0.15) is 0 Å². The van der Waals surface area contributed by atoms with E-state index in [0.717, 1.165) is 39.5 Å². The van der Waals surface area contributed by atoms with E-state index >= 15 is 0 Å². The molecule has 94 heavy (non-hydrogen) atoms. The zero-order chi connectivity index (χ0) is 64.1. The van der Waals surface area contributed by atoms with Crippen LogP contribution in [-0.4, -0.2) is 11.3 Å².